The number of alkyl halides is 3. The van der Waals surface area contributed by atoms with Crippen LogP contribution in [0, 0.1) is 23.7 Å². The first-order valence-electron chi connectivity index (χ1n) is 23.3. The normalized spacial score (nSPS) is 16.1. The van der Waals surface area contributed by atoms with Gasteiger partial charge in [0.05, 0.1) is 28.6 Å². The Labute approximate surface area is 420 Å². The van der Waals surface area contributed by atoms with Gasteiger partial charge in [-0.3, -0.25) is 28.9 Å². The lowest BCUT2D eigenvalue weighted by Gasteiger charge is -2.35. The van der Waals surface area contributed by atoms with Crippen molar-refractivity contribution in [1.29, 1.82) is 5.26 Å². The first kappa shape index (κ1) is 52.4. The number of oxazole rings is 1. The van der Waals surface area contributed by atoms with Gasteiger partial charge in [0.1, 0.15) is 24.2 Å². The fraction of sp³-hybridized carbons (Fsp3) is 0.358. The van der Waals surface area contributed by atoms with Crippen molar-refractivity contribution in [3.63, 3.8) is 0 Å². The van der Waals surface area contributed by atoms with Gasteiger partial charge >= 0.3 is 6.18 Å². The fourth-order valence-corrected chi connectivity index (χ4v) is 9.23. The SMILES string of the molecule is Cc1ncoc1-c1ccc(CNC(=O)[C@@H]2CCCN2C(=O)C(NC(=O)COCCCC(=O)Nc2ccc(-c3ccc(N4C(=S)N(c5ccc(C#N)c(C(F)(F)F)c5)C(=O)C4(C)C)cc3)cc2)C(C)(C)C)cc1. The molecule has 2 atom stereocenters. The van der Waals surface area contributed by atoms with Gasteiger partial charge in [-0.2, -0.15) is 18.4 Å². The van der Waals surface area contributed by atoms with Crippen molar-refractivity contribution in [3.05, 3.63) is 120 Å². The Hall–Kier alpha value is -7.43. The van der Waals surface area contributed by atoms with E-state index in [9.17, 15) is 42.4 Å². The Morgan fingerprint density at radius 3 is 2.18 bits per heavy atom. The topological polar surface area (TPSA) is 190 Å². The smallest absolute Gasteiger partial charge is 0.417 e. The second-order valence-electron chi connectivity index (χ2n) is 19.2. The number of benzene rings is 4. The van der Waals surface area contributed by atoms with Crippen LogP contribution in [0.5, 0.6) is 0 Å². The molecule has 7 rings (SSSR count). The lowest BCUT2D eigenvalue weighted by molar-refractivity contribution is -0.144. The van der Waals surface area contributed by atoms with E-state index in [1.165, 1.54) is 12.5 Å². The largest absolute Gasteiger partial charge is 0.443 e. The number of nitriles is 1. The second-order valence-corrected chi connectivity index (χ2v) is 19.6. The van der Waals surface area contributed by atoms with Crippen LogP contribution < -0.4 is 25.8 Å². The molecule has 0 saturated carbocycles. The molecule has 376 valence electrons. The summed E-state index contributed by atoms with van der Waals surface area (Å²) < 4.78 is 52.4. The summed E-state index contributed by atoms with van der Waals surface area (Å²) in [5.74, 6) is -1.23. The fourth-order valence-electron chi connectivity index (χ4n) is 8.71. The maximum absolute atomic E-state index is 14.0. The minimum Gasteiger partial charge on any atom is -0.443 e. The summed E-state index contributed by atoms with van der Waals surface area (Å²) in [6.07, 6.45) is -1.84. The van der Waals surface area contributed by atoms with Crippen LogP contribution in [0.4, 0.5) is 30.2 Å². The molecular formula is C53H55F3N8O7S. The molecule has 3 N–H and O–H groups in total. The number of anilines is 3. The molecule has 2 aliphatic rings. The Morgan fingerprint density at radius 1 is 0.931 bits per heavy atom. The number of aryl methyl sites for hydroxylation is 1. The van der Waals surface area contributed by atoms with Gasteiger partial charge in [-0.15, -0.1) is 0 Å². The van der Waals surface area contributed by atoms with Crippen molar-refractivity contribution < 1.29 is 46.3 Å². The molecule has 72 heavy (non-hydrogen) atoms. The Bertz CT molecular complexity index is 2890. The van der Waals surface area contributed by atoms with Gasteiger partial charge in [-0.25, -0.2) is 4.98 Å². The molecule has 0 aliphatic carbocycles. The molecule has 5 amide bonds. The molecule has 4 aromatic carbocycles. The molecule has 1 aromatic heterocycles. The van der Waals surface area contributed by atoms with Crippen LogP contribution in [0.25, 0.3) is 22.5 Å². The van der Waals surface area contributed by atoms with Crippen LogP contribution in [0.1, 0.15) is 82.7 Å². The minimum absolute atomic E-state index is 0.0165. The molecule has 1 unspecified atom stereocenters. The number of carbonyl (C=O) groups excluding carboxylic acids is 5. The molecule has 5 aromatic rings. The molecular weight excluding hydrogens is 950 g/mol. The number of amides is 5. The van der Waals surface area contributed by atoms with Crippen molar-refractivity contribution >= 4 is 63.9 Å². The number of aromatic nitrogens is 1. The van der Waals surface area contributed by atoms with Crippen molar-refractivity contribution in [2.24, 2.45) is 5.41 Å². The van der Waals surface area contributed by atoms with Crippen molar-refractivity contribution in [2.45, 2.75) is 97.6 Å². The van der Waals surface area contributed by atoms with Gasteiger partial charge in [0.25, 0.3) is 5.91 Å². The highest BCUT2D eigenvalue weighted by Crippen LogP contribution is 2.40. The number of rotatable bonds is 16. The van der Waals surface area contributed by atoms with Crippen molar-refractivity contribution in [1.82, 2.24) is 20.5 Å². The zero-order chi connectivity index (χ0) is 52.1. The van der Waals surface area contributed by atoms with E-state index in [4.69, 9.17) is 21.4 Å². The number of likely N-dealkylation sites (tertiary alicyclic amines) is 1. The van der Waals surface area contributed by atoms with Crippen LogP contribution in [-0.2, 0) is 41.4 Å². The number of hydrogen-bond acceptors (Lipinski definition) is 10. The monoisotopic (exact) mass is 1000 g/mol. The van der Waals surface area contributed by atoms with E-state index in [0.717, 1.165) is 45.0 Å². The van der Waals surface area contributed by atoms with E-state index in [1.807, 2.05) is 76.2 Å². The standard InChI is InChI=1S/C53H55F3N8O7S/c1-32-45(71-31-59-32)36-13-11-33(12-14-36)29-58-47(67)42-9-7-25-62(42)48(68)46(51(2,3)4)61-44(66)30-70-26-8-10-43(65)60-38-20-15-34(16-21-38)35-17-22-39(23-18-35)64-50(72)63(49(69)52(64,5)6)40-24-19-37(28-57)41(27-40)53(54,55)56/h11-24,27,31,42,46H,7-10,25-26,29-30H2,1-6H3,(H,58,67)(H,60,65)(H,61,66)/t42-,46?/m0/s1. The van der Waals surface area contributed by atoms with E-state index in [0.29, 0.717) is 42.9 Å². The third kappa shape index (κ3) is 11.7. The van der Waals surface area contributed by atoms with E-state index < -0.39 is 52.2 Å². The Balaban J connectivity index is 0.849. The number of halogens is 3. The lowest BCUT2D eigenvalue weighted by atomic mass is 9.85. The highest BCUT2D eigenvalue weighted by atomic mass is 32.1. The highest BCUT2D eigenvalue weighted by Gasteiger charge is 2.51. The molecule has 3 heterocycles. The maximum atomic E-state index is 14.0. The molecule has 2 aliphatic heterocycles. The van der Waals surface area contributed by atoms with Crippen LogP contribution in [0.15, 0.2) is 102 Å². The third-order valence-corrected chi connectivity index (χ3v) is 13.0. The molecule has 19 heteroatoms. The molecule has 15 nitrogen and oxygen atoms in total. The summed E-state index contributed by atoms with van der Waals surface area (Å²) in [5, 5.41) is 17.9. The van der Waals surface area contributed by atoms with E-state index in [-0.39, 0.29) is 54.7 Å². The first-order valence-corrected chi connectivity index (χ1v) is 23.7. The summed E-state index contributed by atoms with van der Waals surface area (Å²) >= 11 is 5.66. The third-order valence-electron chi connectivity index (χ3n) is 12.6. The average Bonchev–Trinajstić information content (AvgIpc) is 4.05. The van der Waals surface area contributed by atoms with Crippen LogP contribution >= 0.6 is 12.2 Å². The number of nitrogens with zero attached hydrogens (tertiary/aromatic N) is 5. The minimum atomic E-state index is -4.82. The van der Waals surface area contributed by atoms with Gasteiger partial charge in [0.15, 0.2) is 17.3 Å². The number of hydrogen-bond donors (Lipinski definition) is 3. The van der Waals surface area contributed by atoms with Gasteiger partial charge in [0.2, 0.25) is 23.6 Å². The summed E-state index contributed by atoms with van der Waals surface area (Å²) in [7, 11) is 0. The molecule has 2 fully saturated rings. The van der Waals surface area contributed by atoms with E-state index in [1.54, 1.807) is 54.0 Å². The second kappa shape index (κ2) is 21.5. The van der Waals surface area contributed by atoms with Crippen molar-refractivity contribution in [2.75, 3.05) is 34.9 Å². The van der Waals surface area contributed by atoms with Crippen LogP contribution in [0.3, 0.4) is 0 Å². The summed E-state index contributed by atoms with van der Waals surface area (Å²) in [4.78, 5) is 75.2. The number of carbonyl (C=O) groups is 5. The van der Waals surface area contributed by atoms with Gasteiger partial charge in [-0.05, 0) is 117 Å². The average molecular weight is 1010 g/mol. The summed E-state index contributed by atoms with van der Waals surface area (Å²) in [6.45, 7) is 11.1. The van der Waals surface area contributed by atoms with E-state index >= 15 is 0 Å². The van der Waals surface area contributed by atoms with Gasteiger partial charge in [0, 0.05) is 43.1 Å². The zero-order valence-corrected chi connectivity index (χ0v) is 41.5. The van der Waals surface area contributed by atoms with E-state index in [2.05, 4.69) is 20.9 Å². The molecule has 2 saturated heterocycles. The van der Waals surface area contributed by atoms with Gasteiger partial charge in [-0.1, -0.05) is 69.3 Å². The quantitative estimate of drug-likeness (QED) is 0.0633. The number of ether oxygens (including phenoxy) is 1. The summed E-state index contributed by atoms with van der Waals surface area (Å²) in [6, 6.07) is 24.9. The van der Waals surface area contributed by atoms with Gasteiger partial charge < -0.3 is 34.9 Å². The first-order chi connectivity index (χ1) is 34.1. The zero-order valence-electron chi connectivity index (χ0n) is 40.7. The maximum Gasteiger partial charge on any atom is 0.417 e. The predicted molar refractivity (Wildman–Crippen MR) is 268 cm³/mol. The molecule has 0 radical (unpaired) electrons. The Kier molecular flexibility index (Phi) is 15.7. The van der Waals surface area contributed by atoms with Crippen LogP contribution in [0.2, 0.25) is 0 Å². The highest BCUT2D eigenvalue weighted by molar-refractivity contribution is 7.81. The summed E-state index contributed by atoms with van der Waals surface area (Å²) in [5.41, 5.74) is 1.50. The predicted octanol–water partition coefficient (Wildman–Crippen LogP) is 8.70. The van der Waals surface area contributed by atoms with Crippen molar-refractivity contribution in [3.8, 4) is 28.5 Å². The number of nitrogens with one attached hydrogen (secondary N) is 3. The van der Waals surface area contributed by atoms with Crippen LogP contribution in [-0.4, -0.2) is 81.9 Å². The Morgan fingerprint density at radius 2 is 1.57 bits per heavy atom. The lowest BCUT2D eigenvalue weighted by Crippen LogP contribution is -2.58. The molecule has 0 bridgehead atoms. The molecule has 0 spiro atoms. The number of thiocarbonyl (C=S) groups is 1.